The topological polar surface area (TPSA) is 47.3 Å². The highest BCUT2D eigenvalue weighted by molar-refractivity contribution is 9.10. The summed E-state index contributed by atoms with van der Waals surface area (Å²) < 4.78 is 6.70. The van der Waals surface area contributed by atoms with Gasteiger partial charge in [-0.15, -0.1) is 0 Å². The van der Waals surface area contributed by atoms with Crippen LogP contribution in [-0.2, 0) is 11.3 Å². The quantitative estimate of drug-likeness (QED) is 0.840. The fraction of sp³-hybridized carbons (Fsp3) is 0.538. The molecule has 0 bridgehead atoms. The lowest BCUT2D eigenvalue weighted by molar-refractivity contribution is 0.0168. The molecule has 94 valence electrons. The van der Waals surface area contributed by atoms with Crippen molar-refractivity contribution in [2.24, 2.45) is 0 Å². The lowest BCUT2D eigenvalue weighted by Crippen LogP contribution is -2.31. The zero-order valence-corrected chi connectivity index (χ0v) is 11.5. The van der Waals surface area contributed by atoms with Crippen LogP contribution in [0.4, 0.5) is 5.69 Å². The molecular formula is C13H19BrN2O. The van der Waals surface area contributed by atoms with Gasteiger partial charge in [0.25, 0.3) is 0 Å². The molecule has 0 radical (unpaired) electrons. The molecule has 1 aromatic rings. The maximum atomic E-state index is 5.79. The molecular weight excluding hydrogens is 280 g/mol. The second kappa shape index (κ2) is 6.38. The molecule has 1 atom stereocenters. The van der Waals surface area contributed by atoms with Gasteiger partial charge < -0.3 is 15.8 Å². The fourth-order valence-electron chi connectivity index (χ4n) is 2.12. The van der Waals surface area contributed by atoms with E-state index in [-0.39, 0.29) is 0 Å². The van der Waals surface area contributed by atoms with Crippen molar-refractivity contribution in [1.82, 2.24) is 5.32 Å². The maximum Gasteiger partial charge on any atom is 0.0699 e. The van der Waals surface area contributed by atoms with Gasteiger partial charge in [-0.3, -0.25) is 0 Å². The fourth-order valence-corrected chi connectivity index (χ4v) is 2.68. The molecule has 0 saturated carbocycles. The SMILES string of the molecule is Nc1cc(Br)cc(CNCC2CCCCO2)c1. The van der Waals surface area contributed by atoms with Crippen molar-refractivity contribution < 1.29 is 4.74 Å². The summed E-state index contributed by atoms with van der Waals surface area (Å²) in [5, 5.41) is 3.42. The van der Waals surface area contributed by atoms with Crippen LogP contribution < -0.4 is 11.1 Å². The number of rotatable bonds is 4. The van der Waals surface area contributed by atoms with E-state index >= 15 is 0 Å². The van der Waals surface area contributed by atoms with E-state index in [1.807, 2.05) is 12.1 Å². The van der Waals surface area contributed by atoms with E-state index in [4.69, 9.17) is 10.5 Å². The van der Waals surface area contributed by atoms with Crippen LogP contribution in [0.2, 0.25) is 0 Å². The summed E-state index contributed by atoms with van der Waals surface area (Å²) in [6.45, 7) is 2.67. The lowest BCUT2D eigenvalue weighted by Gasteiger charge is -2.22. The Labute approximate surface area is 111 Å². The molecule has 1 unspecified atom stereocenters. The van der Waals surface area contributed by atoms with Gasteiger partial charge in [0.05, 0.1) is 6.10 Å². The second-order valence-corrected chi connectivity index (χ2v) is 5.43. The highest BCUT2D eigenvalue weighted by Gasteiger charge is 2.12. The maximum absolute atomic E-state index is 5.79. The largest absolute Gasteiger partial charge is 0.399 e. The van der Waals surface area contributed by atoms with E-state index < -0.39 is 0 Å². The van der Waals surface area contributed by atoms with E-state index in [0.717, 1.165) is 29.9 Å². The number of ether oxygens (including phenoxy) is 1. The van der Waals surface area contributed by atoms with Crippen molar-refractivity contribution in [2.45, 2.75) is 31.9 Å². The van der Waals surface area contributed by atoms with E-state index in [0.29, 0.717) is 6.10 Å². The Hall–Kier alpha value is -0.580. The molecule has 4 heteroatoms. The van der Waals surface area contributed by atoms with Gasteiger partial charge in [0.2, 0.25) is 0 Å². The number of anilines is 1. The average Bonchev–Trinajstić information content (AvgIpc) is 2.29. The predicted molar refractivity (Wildman–Crippen MR) is 73.9 cm³/mol. The monoisotopic (exact) mass is 298 g/mol. The third kappa shape index (κ3) is 4.30. The van der Waals surface area contributed by atoms with Crippen LogP contribution in [0, 0.1) is 0 Å². The number of hydrogen-bond donors (Lipinski definition) is 2. The summed E-state index contributed by atoms with van der Waals surface area (Å²) in [4.78, 5) is 0. The molecule has 0 aliphatic carbocycles. The van der Waals surface area contributed by atoms with E-state index in [9.17, 15) is 0 Å². The Morgan fingerprint density at radius 3 is 2.94 bits per heavy atom. The Morgan fingerprint density at radius 1 is 1.35 bits per heavy atom. The molecule has 3 nitrogen and oxygen atoms in total. The number of nitrogens with one attached hydrogen (secondary N) is 1. The molecule has 1 aromatic carbocycles. The standard InChI is InChI=1S/C13H19BrN2O/c14-11-5-10(6-12(15)7-11)8-16-9-13-3-1-2-4-17-13/h5-7,13,16H,1-4,8-9,15H2. The van der Waals surface area contributed by atoms with Crippen LogP contribution in [-0.4, -0.2) is 19.3 Å². The normalized spacial score (nSPS) is 20.4. The summed E-state index contributed by atoms with van der Waals surface area (Å²) in [7, 11) is 0. The first-order chi connectivity index (χ1) is 8.24. The molecule has 1 heterocycles. The molecule has 0 amide bonds. The van der Waals surface area contributed by atoms with Crippen molar-refractivity contribution in [3.63, 3.8) is 0 Å². The van der Waals surface area contributed by atoms with Gasteiger partial charge in [0.15, 0.2) is 0 Å². The lowest BCUT2D eigenvalue weighted by atomic mass is 10.1. The van der Waals surface area contributed by atoms with Crippen LogP contribution in [0.1, 0.15) is 24.8 Å². The first kappa shape index (κ1) is 12.9. The van der Waals surface area contributed by atoms with Crippen molar-refractivity contribution in [3.8, 4) is 0 Å². The summed E-state index contributed by atoms with van der Waals surface area (Å²) in [5.41, 5.74) is 7.79. The van der Waals surface area contributed by atoms with Crippen molar-refractivity contribution in [1.29, 1.82) is 0 Å². The average molecular weight is 299 g/mol. The van der Waals surface area contributed by atoms with Crippen LogP contribution >= 0.6 is 15.9 Å². The number of nitrogen functional groups attached to an aromatic ring is 1. The van der Waals surface area contributed by atoms with Crippen molar-refractivity contribution >= 4 is 21.6 Å². The van der Waals surface area contributed by atoms with Gasteiger partial charge in [0.1, 0.15) is 0 Å². The third-order valence-electron chi connectivity index (χ3n) is 2.96. The number of hydrogen-bond acceptors (Lipinski definition) is 3. The van der Waals surface area contributed by atoms with Crippen molar-refractivity contribution in [3.05, 3.63) is 28.2 Å². The minimum Gasteiger partial charge on any atom is -0.399 e. The Morgan fingerprint density at radius 2 is 2.24 bits per heavy atom. The van der Waals surface area contributed by atoms with Crippen LogP contribution in [0.25, 0.3) is 0 Å². The zero-order valence-electron chi connectivity index (χ0n) is 9.92. The van der Waals surface area contributed by atoms with Gasteiger partial charge >= 0.3 is 0 Å². The number of benzene rings is 1. The number of halogens is 1. The summed E-state index contributed by atoms with van der Waals surface area (Å²) >= 11 is 3.45. The minimum absolute atomic E-state index is 0.383. The first-order valence-corrected chi connectivity index (χ1v) is 6.90. The number of nitrogens with two attached hydrogens (primary N) is 1. The summed E-state index contributed by atoms with van der Waals surface area (Å²) in [6.07, 6.45) is 4.05. The smallest absolute Gasteiger partial charge is 0.0699 e. The Kier molecular flexibility index (Phi) is 4.83. The second-order valence-electron chi connectivity index (χ2n) is 4.51. The molecule has 0 aromatic heterocycles. The molecule has 1 fully saturated rings. The van der Waals surface area contributed by atoms with E-state index in [1.54, 1.807) is 0 Å². The predicted octanol–water partition coefficient (Wildman–Crippen LogP) is 2.69. The van der Waals surface area contributed by atoms with Crippen LogP contribution in [0.15, 0.2) is 22.7 Å². The highest BCUT2D eigenvalue weighted by atomic mass is 79.9. The Balaban J connectivity index is 1.77. The van der Waals surface area contributed by atoms with Crippen LogP contribution in [0.5, 0.6) is 0 Å². The van der Waals surface area contributed by atoms with Crippen LogP contribution in [0.3, 0.4) is 0 Å². The van der Waals surface area contributed by atoms with Gasteiger partial charge in [-0.25, -0.2) is 0 Å². The Bertz CT molecular complexity index is 344. The molecule has 1 saturated heterocycles. The molecule has 1 aliphatic rings. The molecule has 2 rings (SSSR count). The van der Waals surface area contributed by atoms with Gasteiger partial charge in [-0.2, -0.15) is 0 Å². The van der Waals surface area contributed by atoms with Gasteiger partial charge in [-0.05, 0) is 43.0 Å². The molecule has 1 aliphatic heterocycles. The van der Waals surface area contributed by atoms with Gasteiger partial charge in [-0.1, -0.05) is 15.9 Å². The zero-order chi connectivity index (χ0) is 12.1. The van der Waals surface area contributed by atoms with E-state index in [2.05, 4.69) is 27.3 Å². The minimum atomic E-state index is 0.383. The molecule has 3 N–H and O–H groups in total. The highest BCUT2D eigenvalue weighted by Crippen LogP contribution is 2.17. The molecule has 0 spiro atoms. The van der Waals surface area contributed by atoms with Gasteiger partial charge in [0, 0.05) is 29.9 Å². The first-order valence-electron chi connectivity index (χ1n) is 6.11. The molecule has 17 heavy (non-hydrogen) atoms. The summed E-state index contributed by atoms with van der Waals surface area (Å²) in [6, 6.07) is 6.00. The third-order valence-corrected chi connectivity index (χ3v) is 3.41. The van der Waals surface area contributed by atoms with E-state index in [1.165, 1.54) is 24.8 Å². The summed E-state index contributed by atoms with van der Waals surface area (Å²) in [5.74, 6) is 0. The van der Waals surface area contributed by atoms with Crippen molar-refractivity contribution in [2.75, 3.05) is 18.9 Å².